The second-order valence-electron chi connectivity index (χ2n) is 19.8. The molecule has 2 saturated heterocycles. The first-order valence-corrected chi connectivity index (χ1v) is 32.4. The fourth-order valence-electron chi connectivity index (χ4n) is 8.29. The highest BCUT2D eigenvalue weighted by Crippen LogP contribution is 2.47. The molecule has 4 unspecified atom stereocenters. The van der Waals surface area contributed by atoms with Gasteiger partial charge in [-0.1, -0.05) is 48.9 Å². The summed E-state index contributed by atoms with van der Waals surface area (Å²) in [7, 11) is -8.18. The molecule has 0 spiro atoms. The van der Waals surface area contributed by atoms with Crippen LogP contribution in [0.15, 0.2) is 55.0 Å². The molecule has 15 N–H and O–H groups in total. The molecule has 0 bridgehead atoms. The lowest BCUT2D eigenvalue weighted by Crippen LogP contribution is -2.39. The van der Waals surface area contributed by atoms with Crippen molar-refractivity contribution in [3.05, 3.63) is 88.5 Å². The number of aliphatic hydroxyl groups excluding tert-OH is 2. The molecular weight excluding hydrogens is 1190 g/mol. The number of H-pyrrole nitrogens is 2. The van der Waals surface area contributed by atoms with Crippen LogP contribution in [0, 0.1) is 12.3 Å². The number of aryl methyl sites for hydroxylation is 1. The number of hydrogen-bond donors (Lipinski definition) is 13. The first-order valence-electron chi connectivity index (χ1n) is 28.6. The van der Waals surface area contributed by atoms with Crippen LogP contribution in [-0.2, 0) is 50.2 Å². The number of hydrogen-bond acceptors (Lipinski definition) is 24. The zero-order valence-electron chi connectivity index (χ0n) is 49.1. The molecule has 2 aliphatic rings. The van der Waals surface area contributed by atoms with E-state index < -0.39 is 112 Å². The van der Waals surface area contributed by atoms with E-state index in [0.717, 1.165) is 125 Å². The molecule has 2 fully saturated rings. The Bertz CT molecular complexity index is 2910. The third kappa shape index (κ3) is 30.1. The molecule has 0 aromatic carbocycles. The van der Waals surface area contributed by atoms with Gasteiger partial charge in [-0.25, -0.2) is 19.2 Å². The summed E-state index contributed by atoms with van der Waals surface area (Å²) in [6.45, 7) is 9.87. The van der Waals surface area contributed by atoms with Crippen LogP contribution in [0.2, 0.25) is 0 Å². The Kier molecular flexibility index (Phi) is 36.2. The van der Waals surface area contributed by atoms with Crippen LogP contribution in [-0.4, -0.2) is 194 Å². The van der Waals surface area contributed by atoms with Gasteiger partial charge in [0.2, 0.25) is 0 Å². The molecule has 490 valence electrons. The van der Waals surface area contributed by atoms with E-state index in [2.05, 4.69) is 52.8 Å². The van der Waals surface area contributed by atoms with Crippen molar-refractivity contribution in [2.75, 3.05) is 91.5 Å². The van der Waals surface area contributed by atoms with Crippen molar-refractivity contribution >= 4 is 27.4 Å². The van der Waals surface area contributed by atoms with Crippen LogP contribution in [0.1, 0.15) is 95.7 Å². The van der Waals surface area contributed by atoms with Crippen molar-refractivity contribution in [1.82, 2.24) is 60.7 Å². The number of alkyl carbamates (subject to hydrolysis) is 2. The number of carbonyl (C=O) groups is 2. The van der Waals surface area contributed by atoms with Gasteiger partial charge in [-0.15, -0.1) is 11.5 Å². The summed E-state index contributed by atoms with van der Waals surface area (Å²) in [4.78, 5) is 96.8. The van der Waals surface area contributed by atoms with Crippen LogP contribution in [0.3, 0.4) is 0 Å². The summed E-state index contributed by atoms with van der Waals surface area (Å²) >= 11 is 0. The fraction of sp³-hybridized carbons (Fsp3) is 0.720. The molecule has 2 amide bonds. The Labute approximate surface area is 502 Å². The Balaban J connectivity index is 0.000000384. The predicted molar refractivity (Wildman–Crippen MR) is 316 cm³/mol. The molecule has 87 heavy (non-hydrogen) atoms. The number of aromatic amines is 2. The Morgan fingerprint density at radius 3 is 1.75 bits per heavy atom. The third-order valence-electron chi connectivity index (χ3n) is 12.7. The van der Waals surface area contributed by atoms with Crippen molar-refractivity contribution in [2.45, 2.75) is 140 Å². The van der Waals surface area contributed by atoms with Gasteiger partial charge in [0.05, 0.1) is 19.3 Å². The highest BCUT2D eigenvalue weighted by atomic mass is 31.2. The maximum atomic E-state index is 12.3. The first-order chi connectivity index (χ1) is 41.7. The number of terminal acetylenes is 1. The highest BCUT2D eigenvalue weighted by molar-refractivity contribution is 7.52. The number of rotatable bonds is 38. The predicted octanol–water partition coefficient (Wildman–Crippen LogP) is -0.468. The fourth-order valence-corrected chi connectivity index (χ4v) is 9.80. The maximum Gasteiger partial charge on any atom is 0.407 e. The number of azide groups is 1. The van der Waals surface area contributed by atoms with E-state index in [9.17, 15) is 57.9 Å². The smallest absolute Gasteiger partial charge is 0.407 e. The van der Waals surface area contributed by atoms with Crippen LogP contribution in [0.4, 0.5) is 9.59 Å². The van der Waals surface area contributed by atoms with Gasteiger partial charge in [-0.3, -0.25) is 51.6 Å². The van der Waals surface area contributed by atoms with Gasteiger partial charge in [0, 0.05) is 55.4 Å². The standard InChI is InChI=1S/C24H42N9O9P.C15H20N3O9P.C11H25N5/c1-43(38,39)42-21-18(41-22(20(21)35)33-13-6-19(34)29-23(33)36)16-40-24(37)28-14-17-15-32(31-30-17)12-5-11-27-9-3-2-8-26-10-4-7-25;1-3-6-16-15(22)25-8-9-12(27-28(23,24)4-2)11(20)13(26-9)18-7-5-10(19)17-14(18)21;12-8-5-3-1-2-4-6-9-14-10-7-11-15-16-13/h6,13,15,18,20-22,26-27,35H,2-5,7-12,14,16,25H2,1H3,(H,28,37)(H,38,39)(H,29,34,36);1,5,7,9,11-13,20H,4,6,8H2,2H3,(H,16,22)(H,23,24)(H,17,19,21);14H,1-12H2/t18-,20+,21?,22-;9-,11+,12?,13-;/m11./s1. The summed E-state index contributed by atoms with van der Waals surface area (Å²) in [6, 6.07) is 2.08. The Hall–Kier alpha value is -6.15. The summed E-state index contributed by atoms with van der Waals surface area (Å²) in [5.74, 6) is 2.18. The summed E-state index contributed by atoms with van der Waals surface area (Å²) in [5, 5.41) is 47.6. The normalized spacial score (nSPS) is 20.9. The van der Waals surface area contributed by atoms with E-state index >= 15 is 0 Å². The lowest BCUT2D eigenvalue weighted by molar-refractivity contribution is -0.0565. The number of nitrogens with one attached hydrogen (secondary N) is 7. The topological polar surface area (TPSA) is 506 Å². The number of nitrogens with zero attached hydrogens (tertiary/aromatic N) is 8. The van der Waals surface area contributed by atoms with Crippen molar-refractivity contribution in [3.8, 4) is 12.3 Å². The van der Waals surface area contributed by atoms with E-state index in [1.54, 1.807) is 10.9 Å². The first kappa shape index (κ1) is 75.1. The van der Waals surface area contributed by atoms with E-state index in [-0.39, 0.29) is 19.3 Å². The van der Waals surface area contributed by atoms with Crippen LogP contribution < -0.4 is 60.5 Å². The van der Waals surface area contributed by atoms with Crippen molar-refractivity contribution < 1.29 is 66.7 Å². The maximum absolute atomic E-state index is 12.3. The quantitative estimate of drug-likeness (QED) is 0.00861. The number of ether oxygens (including phenoxy) is 4. The molecular formula is C50H87N17O18P2. The average molecular weight is 1280 g/mol. The summed E-state index contributed by atoms with van der Waals surface area (Å²) < 4.78 is 58.8. The van der Waals surface area contributed by atoms with Gasteiger partial charge in [-0.2, -0.15) is 0 Å². The lowest BCUT2D eigenvalue weighted by Gasteiger charge is -2.23. The number of unbranched alkanes of at least 4 members (excludes halogenated alkanes) is 6. The zero-order valence-corrected chi connectivity index (χ0v) is 50.9. The van der Waals surface area contributed by atoms with Gasteiger partial charge >= 0.3 is 38.8 Å². The summed E-state index contributed by atoms with van der Waals surface area (Å²) in [6.07, 6.45) is 8.43. The van der Waals surface area contributed by atoms with E-state index in [1.165, 1.54) is 39.0 Å². The monoisotopic (exact) mass is 1280 g/mol. The minimum atomic E-state index is -4.12. The van der Waals surface area contributed by atoms with Gasteiger partial charge < -0.3 is 77.0 Å². The Morgan fingerprint density at radius 2 is 1.24 bits per heavy atom. The molecule has 3 aromatic heterocycles. The van der Waals surface area contributed by atoms with Crippen molar-refractivity contribution in [3.63, 3.8) is 0 Å². The molecule has 37 heteroatoms. The molecule has 5 heterocycles. The molecule has 10 atom stereocenters. The minimum Gasteiger partial charge on any atom is -0.447 e. The van der Waals surface area contributed by atoms with Gasteiger partial charge in [0.25, 0.3) is 11.1 Å². The SMILES string of the molecule is C#CCNC(=O)OC[C@H]1O[C@@H](n2ccc(=O)[nH]c2=O)[C@@H](O)C1OP(=O)(O)CC.CP(=O)(O)OC1[C@@H](COC(=O)NCc2cn(CCCNCCCCNCCCN)nn2)O[C@@H](n2ccc(=O)[nH]c2=O)[C@H]1O.[N-]=[N+]=NCCCNCCCCCCCCN. The van der Waals surface area contributed by atoms with Crippen LogP contribution in [0.5, 0.6) is 0 Å². The zero-order chi connectivity index (χ0) is 64.0. The molecule has 0 saturated carbocycles. The number of aromatic nitrogens is 7. The van der Waals surface area contributed by atoms with Gasteiger partial charge in [0.15, 0.2) is 12.5 Å². The molecule has 5 rings (SSSR count). The van der Waals surface area contributed by atoms with Crippen LogP contribution in [0.25, 0.3) is 10.4 Å². The molecule has 0 radical (unpaired) electrons. The highest BCUT2D eigenvalue weighted by Gasteiger charge is 2.50. The van der Waals surface area contributed by atoms with Crippen LogP contribution >= 0.6 is 15.2 Å². The number of nitrogens with two attached hydrogens (primary N) is 2. The van der Waals surface area contributed by atoms with Gasteiger partial charge in [-0.05, 0) is 103 Å². The third-order valence-corrected chi connectivity index (χ3v) is 14.7. The van der Waals surface area contributed by atoms with Crippen molar-refractivity contribution in [1.29, 1.82) is 0 Å². The average Bonchev–Trinajstić information content (AvgIpc) is 3.90. The molecule has 35 nitrogen and oxygen atoms in total. The molecule has 3 aromatic rings. The lowest BCUT2D eigenvalue weighted by atomic mass is 10.1. The second kappa shape index (κ2) is 41.9. The number of carbonyl (C=O) groups excluding carboxylic acids is 2. The summed E-state index contributed by atoms with van der Waals surface area (Å²) in [5.41, 5.74) is 16.4. The molecule has 0 aliphatic carbocycles. The Morgan fingerprint density at radius 1 is 0.759 bits per heavy atom. The minimum absolute atomic E-state index is 0.0284. The van der Waals surface area contributed by atoms with Gasteiger partial charge in [0.1, 0.15) is 55.5 Å². The van der Waals surface area contributed by atoms with E-state index in [1.807, 2.05) is 9.97 Å². The van der Waals surface area contributed by atoms with Crippen molar-refractivity contribution in [2.24, 2.45) is 16.6 Å². The van der Waals surface area contributed by atoms with E-state index in [0.29, 0.717) is 25.3 Å². The number of amides is 2. The number of aliphatic hydroxyl groups is 2. The second-order valence-corrected chi connectivity index (χ2v) is 23.7. The molecule has 2 aliphatic heterocycles. The largest absolute Gasteiger partial charge is 0.447 e. The van der Waals surface area contributed by atoms with E-state index in [4.69, 9.17) is 51.4 Å².